The van der Waals surface area contributed by atoms with Crippen LogP contribution in [0, 0.1) is 6.92 Å². The van der Waals surface area contributed by atoms with Crippen LogP contribution in [0.5, 0.6) is 5.75 Å². The molecule has 1 amide bonds. The summed E-state index contributed by atoms with van der Waals surface area (Å²) >= 11 is 0. The third-order valence-electron chi connectivity index (χ3n) is 6.73. The fourth-order valence-electron chi connectivity index (χ4n) is 4.59. The molecule has 3 aromatic carbocycles. The third-order valence-corrected chi connectivity index (χ3v) is 6.73. The van der Waals surface area contributed by atoms with Gasteiger partial charge in [0.1, 0.15) is 11.5 Å². The molecule has 0 aliphatic carbocycles. The second kappa shape index (κ2) is 14.1. The molecule has 0 aliphatic heterocycles. The summed E-state index contributed by atoms with van der Waals surface area (Å²) in [6.45, 7) is 5.66. The highest BCUT2D eigenvalue weighted by atomic mass is 19.4. The summed E-state index contributed by atoms with van der Waals surface area (Å²) in [5.74, 6) is 0.549. The Bertz CT molecular complexity index is 1600. The van der Waals surface area contributed by atoms with Gasteiger partial charge in [-0.1, -0.05) is 36.4 Å². The lowest BCUT2D eigenvalue weighted by Crippen LogP contribution is -2.26. The Kier molecular flexibility index (Phi) is 10.3. The van der Waals surface area contributed by atoms with Crippen molar-refractivity contribution in [2.75, 3.05) is 6.61 Å². The van der Waals surface area contributed by atoms with Crippen LogP contribution in [0.3, 0.4) is 0 Å². The molecular formula is C33H33F3N2O6. The zero-order valence-electron chi connectivity index (χ0n) is 24.5. The second-order valence-corrected chi connectivity index (χ2v) is 10.4. The molecule has 232 valence electrons. The minimum atomic E-state index is -4.46. The van der Waals surface area contributed by atoms with E-state index in [1.54, 1.807) is 69.3 Å². The number of alkyl carbamates (subject to hydrolysis) is 1. The molecule has 0 saturated heterocycles. The van der Waals surface area contributed by atoms with Crippen LogP contribution in [0.25, 0.3) is 22.6 Å². The Labute approximate surface area is 252 Å². The van der Waals surface area contributed by atoms with Crippen molar-refractivity contribution in [1.82, 2.24) is 10.3 Å². The smallest absolute Gasteiger partial charge is 0.417 e. The van der Waals surface area contributed by atoms with Gasteiger partial charge in [0.2, 0.25) is 5.89 Å². The van der Waals surface area contributed by atoms with E-state index in [-0.39, 0.29) is 31.2 Å². The van der Waals surface area contributed by atoms with Crippen LogP contribution in [0.4, 0.5) is 18.0 Å². The molecule has 0 bridgehead atoms. The van der Waals surface area contributed by atoms with Crippen LogP contribution in [0.2, 0.25) is 0 Å². The average molecular weight is 611 g/mol. The molecule has 1 aromatic heterocycles. The Morgan fingerprint density at radius 2 is 1.68 bits per heavy atom. The monoisotopic (exact) mass is 610 g/mol. The first-order valence-electron chi connectivity index (χ1n) is 14.0. The lowest BCUT2D eigenvalue weighted by Gasteiger charge is -2.14. The molecule has 4 rings (SSSR count). The van der Waals surface area contributed by atoms with E-state index in [1.165, 1.54) is 12.1 Å². The van der Waals surface area contributed by atoms with E-state index < -0.39 is 23.8 Å². The van der Waals surface area contributed by atoms with Gasteiger partial charge >= 0.3 is 18.2 Å². The molecule has 0 atom stereocenters. The van der Waals surface area contributed by atoms with E-state index in [0.29, 0.717) is 52.6 Å². The minimum absolute atomic E-state index is 0.0546. The fraction of sp³-hybridized carbons (Fsp3) is 0.303. The molecule has 0 spiro atoms. The number of rotatable bonds is 12. The number of oxazole rings is 1. The number of carbonyl (C=O) groups is 2. The Hall–Kier alpha value is -4.80. The Balaban J connectivity index is 1.41. The number of aryl methyl sites for hydroxylation is 2. The number of nitrogens with one attached hydrogen (secondary N) is 1. The third kappa shape index (κ3) is 8.62. The second-order valence-electron chi connectivity index (χ2n) is 10.4. The molecule has 0 aliphatic rings. The summed E-state index contributed by atoms with van der Waals surface area (Å²) in [5, 5.41) is 11.8. The maximum atomic E-state index is 13.5. The Morgan fingerprint density at radius 1 is 0.977 bits per heavy atom. The van der Waals surface area contributed by atoms with E-state index >= 15 is 0 Å². The number of amides is 1. The van der Waals surface area contributed by atoms with Gasteiger partial charge in [-0.15, -0.1) is 0 Å². The van der Waals surface area contributed by atoms with Gasteiger partial charge in [-0.05, 0) is 79.8 Å². The van der Waals surface area contributed by atoms with Crippen molar-refractivity contribution in [2.24, 2.45) is 0 Å². The van der Waals surface area contributed by atoms with Gasteiger partial charge in [-0.2, -0.15) is 13.2 Å². The van der Waals surface area contributed by atoms with E-state index in [2.05, 4.69) is 10.3 Å². The quantitative estimate of drug-likeness (QED) is 0.170. The summed E-state index contributed by atoms with van der Waals surface area (Å²) in [5.41, 5.74) is 2.60. The molecule has 0 radical (unpaired) electrons. The van der Waals surface area contributed by atoms with Gasteiger partial charge in [0.25, 0.3) is 0 Å². The predicted molar refractivity (Wildman–Crippen MR) is 157 cm³/mol. The number of nitrogens with zero attached hydrogens (tertiary/aromatic N) is 1. The summed E-state index contributed by atoms with van der Waals surface area (Å²) in [7, 11) is 0. The highest BCUT2D eigenvalue weighted by Gasteiger charge is 2.33. The number of aliphatic carboxylic acids is 1. The molecule has 1 heterocycles. The first-order valence-corrected chi connectivity index (χ1v) is 14.0. The lowest BCUT2D eigenvalue weighted by molar-refractivity contribution is -0.137. The van der Waals surface area contributed by atoms with Crippen molar-refractivity contribution in [1.29, 1.82) is 0 Å². The van der Waals surface area contributed by atoms with Gasteiger partial charge in [-0.25, -0.2) is 9.78 Å². The largest absolute Gasteiger partial charge is 0.493 e. The van der Waals surface area contributed by atoms with E-state index in [9.17, 15) is 22.8 Å². The number of benzene rings is 3. The maximum absolute atomic E-state index is 13.5. The van der Waals surface area contributed by atoms with Gasteiger partial charge < -0.3 is 24.3 Å². The first-order chi connectivity index (χ1) is 20.9. The van der Waals surface area contributed by atoms with Gasteiger partial charge in [0.05, 0.1) is 24.0 Å². The molecule has 4 aromatic rings. The van der Waals surface area contributed by atoms with Crippen molar-refractivity contribution in [3.63, 3.8) is 0 Å². The number of alkyl halides is 3. The molecule has 44 heavy (non-hydrogen) atoms. The number of carbonyl (C=O) groups excluding carboxylic acids is 1. The number of hydrogen-bond donors (Lipinski definition) is 2. The number of aromatic nitrogens is 1. The summed E-state index contributed by atoms with van der Waals surface area (Å²) < 4.78 is 57.3. The lowest BCUT2D eigenvalue weighted by atomic mass is 9.98. The Morgan fingerprint density at radius 3 is 2.36 bits per heavy atom. The van der Waals surface area contributed by atoms with Crippen LogP contribution < -0.4 is 10.1 Å². The zero-order valence-corrected chi connectivity index (χ0v) is 24.5. The van der Waals surface area contributed by atoms with Crippen LogP contribution in [-0.2, 0) is 35.1 Å². The first kappa shape index (κ1) is 32.1. The van der Waals surface area contributed by atoms with Crippen LogP contribution >= 0.6 is 0 Å². The minimum Gasteiger partial charge on any atom is -0.493 e. The number of halogens is 3. The van der Waals surface area contributed by atoms with Crippen LogP contribution in [-0.4, -0.2) is 34.9 Å². The average Bonchev–Trinajstić information content (AvgIpc) is 3.34. The molecule has 11 heteroatoms. The van der Waals surface area contributed by atoms with Crippen molar-refractivity contribution in [3.8, 4) is 28.3 Å². The number of carboxylic acids is 1. The maximum Gasteiger partial charge on any atom is 0.417 e. The molecule has 2 N–H and O–H groups in total. The van der Waals surface area contributed by atoms with Gasteiger partial charge in [0.15, 0.2) is 0 Å². The topological polar surface area (TPSA) is 111 Å². The molecule has 0 saturated carbocycles. The summed E-state index contributed by atoms with van der Waals surface area (Å²) in [4.78, 5) is 27.6. The number of hydrogen-bond acceptors (Lipinski definition) is 6. The van der Waals surface area contributed by atoms with Crippen molar-refractivity contribution < 1.29 is 41.8 Å². The number of ether oxygens (including phenoxy) is 2. The van der Waals surface area contributed by atoms with E-state index in [4.69, 9.17) is 19.0 Å². The van der Waals surface area contributed by atoms with Crippen molar-refractivity contribution in [2.45, 2.75) is 58.9 Å². The van der Waals surface area contributed by atoms with Crippen molar-refractivity contribution in [3.05, 3.63) is 94.9 Å². The highest BCUT2D eigenvalue weighted by molar-refractivity contribution is 5.71. The van der Waals surface area contributed by atoms with Gasteiger partial charge in [-0.3, -0.25) is 4.79 Å². The normalized spacial score (nSPS) is 11.4. The zero-order chi connectivity index (χ0) is 31.9. The molecule has 0 unspecified atom stereocenters. The van der Waals surface area contributed by atoms with Gasteiger partial charge in [0, 0.05) is 24.9 Å². The van der Waals surface area contributed by atoms with E-state index in [1.807, 2.05) is 0 Å². The molecular weight excluding hydrogens is 577 g/mol. The molecule has 0 fully saturated rings. The van der Waals surface area contributed by atoms with Crippen LogP contribution in [0.1, 0.15) is 48.4 Å². The fourth-order valence-corrected chi connectivity index (χ4v) is 4.59. The number of carboxylic acid groups (broad SMARTS) is 1. The van der Waals surface area contributed by atoms with Crippen LogP contribution in [0.15, 0.2) is 71.1 Å². The SMILES string of the molecule is Cc1oc(-c2ccc(-c3ccccc3C(F)(F)F)cc2)nc1CCOc1ccc(CCC(=O)O)c(CNC(=O)OC(C)C)c1. The summed E-state index contributed by atoms with van der Waals surface area (Å²) in [6.07, 6.45) is -4.66. The van der Waals surface area contributed by atoms with E-state index in [0.717, 1.165) is 11.6 Å². The van der Waals surface area contributed by atoms with Crippen molar-refractivity contribution >= 4 is 12.1 Å². The highest BCUT2D eigenvalue weighted by Crippen LogP contribution is 2.37. The standard InChI is InChI=1S/C33H33F3N2O6/c1-20(2)43-32(41)37-19-25-18-26(14-12-22(25)13-15-30(39)40)42-17-16-29-21(3)44-31(38-29)24-10-8-23(9-11-24)27-6-4-5-7-28(27)33(34,35)36/h4-12,14,18,20H,13,15-17,19H2,1-3H3,(H,37,41)(H,39,40). The predicted octanol–water partition coefficient (Wildman–Crippen LogP) is 7.61. The summed E-state index contributed by atoms with van der Waals surface area (Å²) in [6, 6.07) is 17.3. The molecule has 8 nitrogen and oxygen atoms in total.